The van der Waals surface area contributed by atoms with E-state index in [0.717, 1.165) is 34.1 Å². The molecule has 0 fully saturated rings. The van der Waals surface area contributed by atoms with Crippen molar-refractivity contribution in [3.63, 3.8) is 0 Å². The number of amides is 3. The minimum absolute atomic E-state index is 0.0368. The molecule has 2 aliphatic heterocycles. The van der Waals surface area contributed by atoms with Crippen molar-refractivity contribution in [1.29, 1.82) is 0 Å². The van der Waals surface area contributed by atoms with Crippen LogP contribution in [-0.2, 0) is 29.6 Å². The van der Waals surface area contributed by atoms with Crippen LogP contribution in [0.4, 0.5) is 26.3 Å². The zero-order chi connectivity index (χ0) is 24.1. The van der Waals surface area contributed by atoms with Gasteiger partial charge in [-0.25, -0.2) is 0 Å². The SMILES string of the molecule is CN(Cc1ccc2c(c1)C(C(F)(F)F)(C(F)(F)F)O[125I]2Br)C(=O)CCN1C(=O)C=CC1=O. The third kappa shape index (κ3) is 4.27. The van der Waals surface area contributed by atoms with Gasteiger partial charge in [-0.2, -0.15) is 0 Å². The van der Waals surface area contributed by atoms with Crippen LogP contribution in [0.3, 0.4) is 0 Å². The molecule has 3 amide bonds. The van der Waals surface area contributed by atoms with Crippen molar-refractivity contribution < 1.29 is 43.8 Å². The zero-order valence-electron chi connectivity index (χ0n) is 16.1. The van der Waals surface area contributed by atoms with E-state index in [1.165, 1.54) is 13.1 Å². The van der Waals surface area contributed by atoms with Gasteiger partial charge in [0, 0.05) is 0 Å². The molecule has 0 saturated heterocycles. The first-order valence-corrected chi connectivity index (χ1v) is 15.6. The van der Waals surface area contributed by atoms with Crippen molar-refractivity contribution in [2.45, 2.75) is 30.9 Å². The van der Waals surface area contributed by atoms with E-state index in [1.54, 1.807) is 0 Å². The van der Waals surface area contributed by atoms with Crippen LogP contribution in [0.25, 0.3) is 0 Å². The summed E-state index contributed by atoms with van der Waals surface area (Å²) in [5.41, 5.74) is -5.43. The van der Waals surface area contributed by atoms with Crippen molar-refractivity contribution in [2.24, 2.45) is 0 Å². The molecule has 176 valence electrons. The number of hydrogen-bond donors (Lipinski definition) is 0. The van der Waals surface area contributed by atoms with Gasteiger partial charge in [0.05, 0.1) is 0 Å². The van der Waals surface area contributed by atoms with Crippen LogP contribution >= 0.6 is 30.7 Å². The van der Waals surface area contributed by atoms with Gasteiger partial charge in [-0.05, 0) is 0 Å². The number of rotatable bonds is 5. The molecule has 3 rings (SSSR count). The molecular weight excluding hydrogens is 627 g/mol. The van der Waals surface area contributed by atoms with Crippen LogP contribution in [0.15, 0.2) is 30.4 Å². The number of nitrogens with zero attached hydrogens (tertiary/aromatic N) is 2. The van der Waals surface area contributed by atoms with Crippen molar-refractivity contribution in [3.8, 4) is 0 Å². The Bertz CT molecular complexity index is 965. The summed E-state index contributed by atoms with van der Waals surface area (Å²) >= 11 is -0.501. The molecule has 0 aliphatic carbocycles. The van der Waals surface area contributed by atoms with E-state index in [-0.39, 0.29) is 28.6 Å². The van der Waals surface area contributed by atoms with Gasteiger partial charge in [-0.3, -0.25) is 0 Å². The molecule has 0 bridgehead atoms. The van der Waals surface area contributed by atoms with E-state index in [4.69, 9.17) is 0 Å². The van der Waals surface area contributed by atoms with Crippen molar-refractivity contribution in [1.82, 2.24) is 9.80 Å². The van der Waals surface area contributed by atoms with Gasteiger partial charge in [0.1, 0.15) is 0 Å². The van der Waals surface area contributed by atoms with Crippen molar-refractivity contribution in [3.05, 3.63) is 45.0 Å². The number of carbonyl (C=O) groups excluding carboxylic acids is 3. The monoisotopic (exact) mass is 640 g/mol. The summed E-state index contributed by atoms with van der Waals surface area (Å²) in [6.07, 6.45) is -9.64. The topological polar surface area (TPSA) is 66.9 Å². The van der Waals surface area contributed by atoms with E-state index in [1.807, 2.05) is 0 Å². The van der Waals surface area contributed by atoms with Crippen LogP contribution in [-0.4, -0.2) is 53.5 Å². The second kappa shape index (κ2) is 8.59. The molecule has 0 N–H and O–H groups in total. The Morgan fingerprint density at radius 2 is 1.69 bits per heavy atom. The van der Waals surface area contributed by atoms with Gasteiger partial charge >= 0.3 is 192 Å². The van der Waals surface area contributed by atoms with Crippen molar-refractivity contribution >= 4 is 48.4 Å². The average molecular weight is 641 g/mol. The Morgan fingerprint density at radius 1 is 1.12 bits per heavy atom. The Labute approximate surface area is 191 Å². The molecule has 0 saturated carbocycles. The summed E-state index contributed by atoms with van der Waals surface area (Å²) < 4.78 is 86.1. The molecule has 0 atom stereocenters. The summed E-state index contributed by atoms with van der Waals surface area (Å²) in [6, 6.07) is 3.24. The Kier molecular flexibility index (Phi) is 6.70. The molecule has 0 unspecified atom stereocenters. The van der Waals surface area contributed by atoms with Crippen LogP contribution in [0, 0.1) is 3.57 Å². The molecule has 32 heavy (non-hydrogen) atoms. The Hall–Kier alpha value is -1.68. The predicted molar refractivity (Wildman–Crippen MR) is 110 cm³/mol. The second-order valence-corrected chi connectivity index (χ2v) is 13.4. The number of fused-ring (bicyclic) bond motifs is 1. The fourth-order valence-electron chi connectivity index (χ4n) is 3.22. The van der Waals surface area contributed by atoms with E-state index >= 15 is 0 Å². The summed E-state index contributed by atoms with van der Waals surface area (Å²) in [7, 11) is 1.31. The van der Waals surface area contributed by atoms with Crippen LogP contribution in [0.1, 0.15) is 17.5 Å². The van der Waals surface area contributed by atoms with Gasteiger partial charge in [-0.1, -0.05) is 0 Å². The molecule has 0 aromatic heterocycles. The second-order valence-electron chi connectivity index (χ2n) is 6.94. The molecule has 2 aliphatic rings. The molecule has 1 aromatic rings. The van der Waals surface area contributed by atoms with Gasteiger partial charge in [0.15, 0.2) is 0 Å². The number of alkyl halides is 6. The Morgan fingerprint density at radius 3 is 2.22 bits per heavy atom. The number of benzene rings is 1. The van der Waals surface area contributed by atoms with Gasteiger partial charge in [0.2, 0.25) is 0 Å². The predicted octanol–water partition coefficient (Wildman–Crippen LogP) is 4.21. The number of hydrogen-bond acceptors (Lipinski definition) is 4. The molecular formula is C18H14BrF6IN2O4. The number of carbonyl (C=O) groups is 3. The summed E-state index contributed by atoms with van der Waals surface area (Å²) in [6.45, 7) is -0.483. The van der Waals surface area contributed by atoms with E-state index in [2.05, 4.69) is 15.8 Å². The molecule has 14 heteroatoms. The van der Waals surface area contributed by atoms with Gasteiger partial charge < -0.3 is 0 Å². The first-order chi connectivity index (χ1) is 14.7. The molecule has 2 heterocycles. The summed E-state index contributed by atoms with van der Waals surface area (Å²) in [5, 5.41) is 0. The van der Waals surface area contributed by atoms with Crippen molar-refractivity contribution in [2.75, 3.05) is 13.6 Å². The first-order valence-electron chi connectivity index (χ1n) is 8.79. The average Bonchev–Trinajstić information content (AvgIpc) is 3.16. The normalized spacial score (nSPS) is 19.0. The van der Waals surface area contributed by atoms with Gasteiger partial charge in [0.25, 0.3) is 0 Å². The van der Waals surface area contributed by atoms with E-state index in [9.17, 15) is 40.7 Å². The third-order valence-corrected chi connectivity index (χ3v) is 10.7. The standard InChI is InChI=1S/C18H14BrF6IN2O4/c1-27(13(29)6-7-28-14(30)4-5-15(28)31)9-10-2-3-12-11(8-10)16(17(20,21)22,18(23,24)25)32-26(12)19/h2-5,8H,6-7,9H2,1H3/i26-2. The fourth-order valence-corrected chi connectivity index (χ4v) is 9.21. The molecule has 0 spiro atoms. The van der Waals surface area contributed by atoms with E-state index < -0.39 is 59.2 Å². The van der Waals surface area contributed by atoms with E-state index in [0.29, 0.717) is 0 Å². The maximum absolute atomic E-state index is 13.6. The zero-order valence-corrected chi connectivity index (χ0v) is 19.8. The third-order valence-electron chi connectivity index (χ3n) is 4.85. The Balaban J connectivity index is 1.80. The minimum atomic E-state index is -5.75. The summed E-state index contributed by atoms with van der Waals surface area (Å²) in [4.78, 5) is 37.3. The van der Waals surface area contributed by atoms with Crippen LogP contribution < -0.4 is 0 Å². The fraction of sp³-hybridized carbons (Fsp3) is 0.389. The molecule has 6 nitrogen and oxygen atoms in total. The maximum atomic E-state index is 13.6. The van der Waals surface area contributed by atoms with Gasteiger partial charge in [-0.15, -0.1) is 0 Å². The molecule has 0 radical (unpaired) electrons. The number of halogens is 8. The van der Waals surface area contributed by atoms with Crippen LogP contribution in [0.5, 0.6) is 0 Å². The summed E-state index contributed by atoms with van der Waals surface area (Å²) in [5.74, 6) is -1.71. The first kappa shape index (κ1) is 25.0. The van der Waals surface area contributed by atoms with Crippen LogP contribution in [0.2, 0.25) is 0 Å². The quantitative estimate of drug-likeness (QED) is 0.275. The number of imide groups is 1. The molecule has 1 aromatic carbocycles.